The number of anilines is 2. The summed E-state index contributed by atoms with van der Waals surface area (Å²) in [6.45, 7) is 4.33. The molecular formula is C76H80N8O16. The van der Waals surface area contributed by atoms with Gasteiger partial charge in [0.1, 0.15) is 37.1 Å². The molecule has 6 aromatic rings. The van der Waals surface area contributed by atoms with E-state index in [-0.39, 0.29) is 65.8 Å². The molecule has 4 aliphatic heterocycles. The van der Waals surface area contributed by atoms with E-state index in [0.717, 1.165) is 69.7 Å². The first-order chi connectivity index (χ1) is 48.3. The Morgan fingerprint density at radius 1 is 0.690 bits per heavy atom. The van der Waals surface area contributed by atoms with Crippen LogP contribution in [0.5, 0.6) is 28.7 Å². The molecule has 2 aliphatic carbocycles. The molecule has 4 heterocycles. The van der Waals surface area contributed by atoms with Crippen LogP contribution in [0.25, 0.3) is 5.57 Å². The van der Waals surface area contributed by atoms with E-state index in [1.165, 1.54) is 33.3 Å². The minimum Gasteiger partial charge on any atom is -0.497 e. The summed E-state index contributed by atoms with van der Waals surface area (Å²) in [5.74, 6) is 4.91. The SMILES string of the molecule is COc1ccc(C2=CN3C(=O)c4cc(OC)c(OCCCOc5cc6c(cc5OC)C(=O)N5CC7(CC7)C[C@H]5C(O)N6C(=O)OCc5ccc(NC(=O)[C@H](C)NC(=O)[C@@H](NC(=O)CNC(=O)CNC(=O)OC6Cc7ccccc7C#Cc7ccccc76)C(C)C)cc5)cc4CC[C@@H]3C2)cc1. The number of nitrogens with one attached hydrogen (secondary N) is 5. The van der Waals surface area contributed by atoms with E-state index in [2.05, 4.69) is 38.4 Å². The third-order valence-electron chi connectivity index (χ3n) is 19.1. The zero-order valence-electron chi connectivity index (χ0n) is 56.5. The van der Waals surface area contributed by atoms with Crippen LogP contribution >= 0.6 is 0 Å². The Bertz CT molecular complexity index is 4260. The fraction of sp³-hybridized carbons (Fsp3) is 0.368. The van der Waals surface area contributed by atoms with Gasteiger partial charge in [0.15, 0.2) is 29.2 Å². The summed E-state index contributed by atoms with van der Waals surface area (Å²) < 4.78 is 41.1. The highest BCUT2D eigenvalue weighted by molar-refractivity contribution is 6.06. The summed E-state index contributed by atoms with van der Waals surface area (Å²) >= 11 is 0. The van der Waals surface area contributed by atoms with E-state index < -0.39 is 85.3 Å². The third-order valence-corrected chi connectivity index (χ3v) is 19.1. The fourth-order valence-electron chi connectivity index (χ4n) is 13.4. The smallest absolute Gasteiger partial charge is 0.416 e. The number of hydrogen-bond acceptors (Lipinski definition) is 16. The van der Waals surface area contributed by atoms with Crippen molar-refractivity contribution >= 4 is 64.6 Å². The van der Waals surface area contributed by atoms with Gasteiger partial charge in [-0.3, -0.25) is 28.8 Å². The largest absolute Gasteiger partial charge is 0.497 e. The second kappa shape index (κ2) is 30.0. The molecule has 2 unspecified atom stereocenters. The highest BCUT2D eigenvalue weighted by Gasteiger charge is 2.58. The van der Waals surface area contributed by atoms with E-state index in [1.807, 2.05) is 90.0 Å². The molecule has 100 heavy (non-hydrogen) atoms. The van der Waals surface area contributed by atoms with Gasteiger partial charge in [0.25, 0.3) is 11.8 Å². The standard InChI is InChI=1S/C76H80N8O16/c1-44(2)68(81-67(86)40-77-66(85)39-78-74(92)100-61-33-50-14-8-7-12-47(50)18-19-49-13-9-10-15-56(49)61)70(88)79-45(3)69(87)80-53-23-16-46(17-24-53)42-99-75(93)84-59-37-65(63(96-6)36-58(59)72(90)83-43-76(28-29-76)38-60(83)73(84)91)98-31-11-30-97-64-34-51-20-25-54-32-52(48-21-26-55(94-4)27-22-48)41-82(54)71(89)57(51)35-62(64)95-5/h7-10,12-17,21-24,26-27,34-37,41,44-45,54,60-61,68,73,91H,11,20,25,28-33,38-40,42-43H2,1-6H3,(H,77,85)(H,78,92)(H,79,88)(H,80,87)(H,81,86)/t45-,54+,60-,61?,68-,73?/m0/s1. The van der Waals surface area contributed by atoms with Crippen molar-refractivity contribution in [3.8, 4) is 40.6 Å². The zero-order valence-corrected chi connectivity index (χ0v) is 56.5. The van der Waals surface area contributed by atoms with Gasteiger partial charge in [-0.15, -0.1) is 0 Å². The lowest BCUT2D eigenvalue weighted by Crippen LogP contribution is -2.55. The van der Waals surface area contributed by atoms with Gasteiger partial charge in [0.05, 0.1) is 58.4 Å². The van der Waals surface area contributed by atoms with Crippen LogP contribution in [0, 0.1) is 23.2 Å². The van der Waals surface area contributed by atoms with Crippen LogP contribution in [0.1, 0.15) is 125 Å². The topological polar surface area (TPSA) is 291 Å². The highest BCUT2D eigenvalue weighted by Crippen LogP contribution is 2.57. The van der Waals surface area contributed by atoms with Gasteiger partial charge in [-0.25, -0.2) is 14.5 Å². The first-order valence-corrected chi connectivity index (χ1v) is 33.5. The number of aliphatic hydroxyl groups is 1. The highest BCUT2D eigenvalue weighted by atomic mass is 16.6. The minimum atomic E-state index is -1.49. The number of carbonyl (C=O) groups is 8. The number of alkyl carbamates (subject to hydrolysis) is 1. The summed E-state index contributed by atoms with van der Waals surface area (Å²) in [5.41, 5.74) is 7.62. The Kier molecular flexibility index (Phi) is 20.6. The van der Waals surface area contributed by atoms with E-state index in [4.69, 9.17) is 33.2 Å². The Labute approximate surface area is 578 Å². The summed E-state index contributed by atoms with van der Waals surface area (Å²) in [7, 11) is 4.60. The van der Waals surface area contributed by atoms with Gasteiger partial charge in [0, 0.05) is 65.6 Å². The number of carbonyl (C=O) groups excluding carboxylic acids is 8. The molecule has 2 fully saturated rings. The van der Waals surface area contributed by atoms with Gasteiger partial charge < -0.3 is 74.6 Å². The van der Waals surface area contributed by atoms with Crippen molar-refractivity contribution in [2.75, 3.05) is 64.4 Å². The molecule has 0 aromatic heterocycles. The molecule has 1 spiro atoms. The summed E-state index contributed by atoms with van der Waals surface area (Å²) in [6.07, 6.45) is 3.16. The number of fused-ring (bicyclic) bond motifs is 6. The zero-order chi connectivity index (χ0) is 70.4. The van der Waals surface area contributed by atoms with Crippen LogP contribution in [-0.2, 0) is 48.1 Å². The summed E-state index contributed by atoms with van der Waals surface area (Å²) in [4.78, 5) is 113. The Balaban J connectivity index is 0.619. The van der Waals surface area contributed by atoms with Gasteiger partial charge >= 0.3 is 12.2 Å². The molecule has 24 nitrogen and oxygen atoms in total. The lowest BCUT2D eigenvalue weighted by molar-refractivity contribution is -0.132. The molecule has 6 atom stereocenters. The predicted octanol–water partition coefficient (Wildman–Crippen LogP) is 8.36. The van der Waals surface area contributed by atoms with Crippen LogP contribution < -0.4 is 55.2 Å². The normalized spacial score (nSPS) is 18.6. The predicted molar refractivity (Wildman–Crippen MR) is 367 cm³/mol. The van der Waals surface area contributed by atoms with E-state index in [9.17, 15) is 43.5 Å². The molecular weight excluding hydrogens is 1280 g/mol. The van der Waals surface area contributed by atoms with Gasteiger partial charge in [-0.05, 0) is 139 Å². The van der Waals surface area contributed by atoms with Crippen molar-refractivity contribution in [1.29, 1.82) is 0 Å². The number of aliphatic hydroxyl groups excluding tert-OH is 1. The van der Waals surface area contributed by atoms with E-state index in [1.54, 1.807) is 56.2 Å². The molecule has 520 valence electrons. The van der Waals surface area contributed by atoms with Crippen LogP contribution in [-0.4, -0.2) is 147 Å². The second-order valence-corrected chi connectivity index (χ2v) is 26.2. The van der Waals surface area contributed by atoms with Crippen LogP contribution in [0.2, 0.25) is 0 Å². The average molecular weight is 1360 g/mol. The number of ether oxygens (including phenoxy) is 7. The maximum atomic E-state index is 14.5. The van der Waals surface area contributed by atoms with Gasteiger partial charge in [-0.2, -0.15) is 0 Å². The molecule has 1 saturated carbocycles. The van der Waals surface area contributed by atoms with E-state index in [0.29, 0.717) is 66.1 Å². The Hall–Kier alpha value is -11.1. The van der Waals surface area contributed by atoms with Gasteiger partial charge in [-0.1, -0.05) is 86.4 Å². The van der Waals surface area contributed by atoms with Crippen LogP contribution in [0.3, 0.4) is 0 Å². The molecule has 0 radical (unpaired) electrons. The first kappa shape index (κ1) is 68.9. The molecule has 6 aromatic carbocycles. The second-order valence-electron chi connectivity index (χ2n) is 26.2. The molecule has 24 heteroatoms. The third kappa shape index (κ3) is 15.3. The average Bonchev–Trinajstić information content (AvgIpc) is 1.56. The summed E-state index contributed by atoms with van der Waals surface area (Å²) in [5, 5.41) is 25.1. The molecule has 6 N–H and O–H groups in total. The first-order valence-electron chi connectivity index (χ1n) is 33.5. The van der Waals surface area contributed by atoms with Crippen molar-refractivity contribution in [3.63, 3.8) is 0 Å². The molecule has 8 amide bonds. The monoisotopic (exact) mass is 1360 g/mol. The minimum absolute atomic E-state index is 0.00574. The fourth-order valence-corrected chi connectivity index (χ4v) is 13.4. The lowest BCUT2D eigenvalue weighted by atomic mass is 9.92. The number of hydrogen-bond donors (Lipinski definition) is 6. The van der Waals surface area contributed by atoms with Crippen molar-refractivity contribution in [3.05, 3.63) is 178 Å². The number of amides is 8. The van der Waals surface area contributed by atoms with Crippen molar-refractivity contribution in [1.82, 2.24) is 31.1 Å². The molecule has 0 bridgehead atoms. The number of nitrogens with zero attached hydrogens (tertiary/aromatic N) is 3. The van der Waals surface area contributed by atoms with Crippen molar-refractivity contribution in [2.45, 2.75) is 115 Å². The Morgan fingerprint density at radius 3 is 2.08 bits per heavy atom. The Morgan fingerprint density at radius 2 is 1.37 bits per heavy atom. The lowest BCUT2D eigenvalue weighted by Gasteiger charge is -2.31. The number of benzene rings is 6. The van der Waals surface area contributed by atoms with Crippen molar-refractivity contribution in [2.24, 2.45) is 11.3 Å². The maximum Gasteiger partial charge on any atom is 0.416 e. The number of methoxy groups -OCH3 is 3. The van der Waals surface area contributed by atoms with Crippen molar-refractivity contribution < 1.29 is 76.6 Å². The van der Waals surface area contributed by atoms with E-state index >= 15 is 0 Å². The quantitative estimate of drug-likeness (QED) is 0.0259. The summed E-state index contributed by atoms with van der Waals surface area (Å²) in [6, 6.07) is 32.9. The maximum absolute atomic E-state index is 14.5. The number of rotatable bonds is 23. The number of aryl methyl sites for hydroxylation is 1. The van der Waals surface area contributed by atoms with Crippen LogP contribution in [0.15, 0.2) is 128 Å². The molecule has 6 aliphatic rings. The molecule has 12 rings (SSSR count). The van der Waals surface area contributed by atoms with Crippen LogP contribution in [0.4, 0.5) is 21.0 Å². The molecule has 1 saturated heterocycles. The van der Waals surface area contributed by atoms with Gasteiger partial charge in [0.2, 0.25) is 23.6 Å².